The summed E-state index contributed by atoms with van der Waals surface area (Å²) in [5, 5.41) is 0. The van der Waals surface area contributed by atoms with Crippen LogP contribution in [0.15, 0.2) is 10.7 Å². The Bertz CT molecular complexity index is 366. The van der Waals surface area contributed by atoms with E-state index in [1.807, 2.05) is 7.05 Å². The third kappa shape index (κ3) is 2.44. The van der Waals surface area contributed by atoms with E-state index in [0.29, 0.717) is 5.95 Å². The van der Waals surface area contributed by atoms with E-state index in [2.05, 4.69) is 36.2 Å². The van der Waals surface area contributed by atoms with Crippen molar-refractivity contribution in [1.29, 1.82) is 0 Å². The molecule has 0 amide bonds. The Morgan fingerprint density at radius 1 is 1.62 bits per heavy atom. The first-order valence-electron chi connectivity index (χ1n) is 5.41. The summed E-state index contributed by atoms with van der Waals surface area (Å²) in [4.78, 5) is 10.5. The largest absolute Gasteiger partial charge is 0.358 e. The maximum absolute atomic E-state index is 5.30. The van der Waals surface area contributed by atoms with Crippen molar-refractivity contribution in [1.82, 2.24) is 9.97 Å². The van der Waals surface area contributed by atoms with Crippen LogP contribution in [0.1, 0.15) is 19.3 Å². The van der Waals surface area contributed by atoms with Gasteiger partial charge in [-0.3, -0.25) is 5.43 Å². The van der Waals surface area contributed by atoms with Gasteiger partial charge in [-0.05, 0) is 34.7 Å². The van der Waals surface area contributed by atoms with Crippen LogP contribution < -0.4 is 16.2 Å². The first-order chi connectivity index (χ1) is 7.70. The lowest BCUT2D eigenvalue weighted by molar-refractivity contribution is 0.321. The highest BCUT2D eigenvalue weighted by Gasteiger charge is 2.20. The lowest BCUT2D eigenvalue weighted by Crippen LogP contribution is -2.30. The summed E-state index contributed by atoms with van der Waals surface area (Å²) in [5.74, 6) is 7.43. The van der Waals surface area contributed by atoms with Gasteiger partial charge < -0.3 is 4.90 Å². The molecule has 0 unspecified atom stereocenters. The van der Waals surface area contributed by atoms with Crippen LogP contribution in [-0.2, 0) is 0 Å². The van der Waals surface area contributed by atoms with Crippen LogP contribution in [0.2, 0.25) is 0 Å². The van der Waals surface area contributed by atoms with Gasteiger partial charge in [-0.2, -0.15) is 4.98 Å². The minimum absolute atomic E-state index is 0.443. The molecule has 0 saturated heterocycles. The molecule has 0 aliphatic heterocycles. The lowest BCUT2D eigenvalue weighted by atomic mass is 9.85. The molecular weight excluding hydrogens is 270 g/mol. The average Bonchev–Trinajstić information content (AvgIpc) is 2.24. The van der Waals surface area contributed by atoms with E-state index in [4.69, 9.17) is 5.84 Å². The fourth-order valence-corrected chi connectivity index (χ4v) is 2.34. The van der Waals surface area contributed by atoms with E-state index in [0.717, 1.165) is 22.8 Å². The van der Waals surface area contributed by atoms with Gasteiger partial charge in [0.1, 0.15) is 5.82 Å². The summed E-state index contributed by atoms with van der Waals surface area (Å²) < 4.78 is 0.897. The Balaban J connectivity index is 2.10. The third-order valence-corrected chi connectivity index (χ3v) is 3.53. The summed E-state index contributed by atoms with van der Waals surface area (Å²) in [6, 6.07) is 0. The highest BCUT2D eigenvalue weighted by atomic mass is 79.9. The van der Waals surface area contributed by atoms with Gasteiger partial charge in [-0.15, -0.1) is 0 Å². The number of nitrogens with two attached hydrogens (primary N) is 1. The van der Waals surface area contributed by atoms with Gasteiger partial charge in [0.25, 0.3) is 0 Å². The fraction of sp³-hybridized carbons (Fsp3) is 0.600. The smallest absolute Gasteiger partial charge is 0.239 e. The predicted molar refractivity (Wildman–Crippen MR) is 68.2 cm³/mol. The standard InChI is InChI=1S/C10H16BrN5/c1-16(6-7-3-2-4-7)9-8(11)5-13-10(14-9)15-12/h5,7H,2-4,6,12H2,1H3,(H,13,14,15). The van der Waals surface area contributed by atoms with Crippen LogP contribution in [0.3, 0.4) is 0 Å². The Labute approximate surface area is 104 Å². The Morgan fingerprint density at radius 3 is 2.94 bits per heavy atom. The molecule has 1 heterocycles. The number of hydrogen-bond acceptors (Lipinski definition) is 5. The van der Waals surface area contributed by atoms with Crippen LogP contribution >= 0.6 is 15.9 Å². The zero-order chi connectivity index (χ0) is 11.5. The molecule has 1 aromatic rings. The number of rotatable bonds is 4. The van der Waals surface area contributed by atoms with Crippen LogP contribution in [-0.4, -0.2) is 23.6 Å². The van der Waals surface area contributed by atoms with Crippen molar-refractivity contribution in [3.05, 3.63) is 10.7 Å². The summed E-state index contributed by atoms with van der Waals surface area (Å²) in [6.45, 7) is 1.04. The van der Waals surface area contributed by atoms with E-state index >= 15 is 0 Å². The molecule has 88 valence electrons. The van der Waals surface area contributed by atoms with Crippen molar-refractivity contribution in [3.63, 3.8) is 0 Å². The quantitative estimate of drug-likeness (QED) is 0.652. The van der Waals surface area contributed by atoms with Crippen LogP contribution in [0.4, 0.5) is 11.8 Å². The number of halogens is 1. The molecule has 0 aromatic carbocycles. The first-order valence-corrected chi connectivity index (χ1v) is 6.20. The second kappa shape index (κ2) is 4.97. The van der Waals surface area contributed by atoms with Crippen LogP contribution in [0.5, 0.6) is 0 Å². The molecule has 1 saturated carbocycles. The molecule has 2 rings (SSSR count). The Morgan fingerprint density at radius 2 is 2.38 bits per heavy atom. The van der Waals surface area contributed by atoms with E-state index in [1.54, 1.807) is 6.20 Å². The number of hydrogen-bond donors (Lipinski definition) is 2. The molecule has 1 aliphatic carbocycles. The molecule has 0 atom stereocenters. The number of nitrogens with one attached hydrogen (secondary N) is 1. The topological polar surface area (TPSA) is 67.1 Å². The summed E-state index contributed by atoms with van der Waals surface area (Å²) in [5.41, 5.74) is 2.46. The zero-order valence-corrected chi connectivity index (χ0v) is 10.9. The fourth-order valence-electron chi connectivity index (χ4n) is 1.84. The molecule has 0 radical (unpaired) electrons. The molecule has 3 N–H and O–H groups in total. The molecule has 0 bridgehead atoms. The SMILES string of the molecule is CN(CC1CCC1)c1nc(NN)ncc1Br. The van der Waals surface area contributed by atoms with E-state index in [1.165, 1.54) is 19.3 Å². The van der Waals surface area contributed by atoms with E-state index in [-0.39, 0.29) is 0 Å². The minimum Gasteiger partial charge on any atom is -0.358 e. The lowest BCUT2D eigenvalue weighted by Gasteiger charge is -2.31. The number of hydrazine groups is 1. The van der Waals surface area contributed by atoms with Crippen molar-refractivity contribution in [2.45, 2.75) is 19.3 Å². The van der Waals surface area contributed by atoms with Crippen molar-refractivity contribution >= 4 is 27.7 Å². The second-order valence-corrected chi connectivity index (χ2v) is 5.04. The highest BCUT2D eigenvalue weighted by Crippen LogP contribution is 2.30. The monoisotopic (exact) mass is 285 g/mol. The maximum Gasteiger partial charge on any atom is 0.239 e. The van der Waals surface area contributed by atoms with Gasteiger partial charge in [-0.25, -0.2) is 10.8 Å². The summed E-state index contributed by atoms with van der Waals surface area (Å²) >= 11 is 3.45. The van der Waals surface area contributed by atoms with Crippen molar-refractivity contribution in [3.8, 4) is 0 Å². The molecule has 1 fully saturated rings. The number of anilines is 2. The second-order valence-electron chi connectivity index (χ2n) is 4.19. The Hall–Kier alpha value is -0.880. The van der Waals surface area contributed by atoms with Gasteiger partial charge >= 0.3 is 0 Å². The summed E-state index contributed by atoms with van der Waals surface area (Å²) in [6.07, 6.45) is 5.73. The molecule has 0 spiro atoms. The average molecular weight is 286 g/mol. The Kier molecular flexibility index (Phi) is 3.60. The maximum atomic E-state index is 5.30. The van der Waals surface area contributed by atoms with Gasteiger partial charge in [0.15, 0.2) is 0 Å². The third-order valence-electron chi connectivity index (χ3n) is 2.97. The minimum atomic E-state index is 0.443. The molecule has 1 aromatic heterocycles. The van der Waals surface area contributed by atoms with Gasteiger partial charge in [0.05, 0.1) is 4.47 Å². The highest BCUT2D eigenvalue weighted by molar-refractivity contribution is 9.10. The normalized spacial score (nSPS) is 15.7. The summed E-state index contributed by atoms with van der Waals surface area (Å²) in [7, 11) is 2.05. The van der Waals surface area contributed by atoms with E-state index in [9.17, 15) is 0 Å². The van der Waals surface area contributed by atoms with Crippen LogP contribution in [0, 0.1) is 5.92 Å². The molecule has 6 heteroatoms. The van der Waals surface area contributed by atoms with Crippen LogP contribution in [0.25, 0.3) is 0 Å². The number of aromatic nitrogens is 2. The van der Waals surface area contributed by atoms with Gasteiger partial charge in [-0.1, -0.05) is 6.42 Å². The van der Waals surface area contributed by atoms with Gasteiger partial charge in [0.2, 0.25) is 5.95 Å². The molecular formula is C10H16BrN5. The van der Waals surface area contributed by atoms with Crippen molar-refractivity contribution in [2.24, 2.45) is 11.8 Å². The molecule has 5 nitrogen and oxygen atoms in total. The predicted octanol–water partition coefficient (Wildman–Crippen LogP) is 1.76. The van der Waals surface area contributed by atoms with E-state index < -0.39 is 0 Å². The van der Waals surface area contributed by atoms with Gasteiger partial charge in [0, 0.05) is 19.8 Å². The van der Waals surface area contributed by atoms with Crippen molar-refractivity contribution in [2.75, 3.05) is 23.9 Å². The zero-order valence-electron chi connectivity index (χ0n) is 9.28. The number of nitrogens with zero attached hydrogens (tertiary/aromatic N) is 3. The number of nitrogen functional groups attached to an aromatic ring is 1. The first kappa shape index (κ1) is 11.6. The molecule has 16 heavy (non-hydrogen) atoms. The van der Waals surface area contributed by atoms with Crippen molar-refractivity contribution < 1.29 is 0 Å². The molecule has 1 aliphatic rings.